The van der Waals surface area contributed by atoms with Crippen molar-refractivity contribution in [2.45, 2.75) is 6.92 Å². The quantitative estimate of drug-likeness (QED) is 0.519. The SMILES string of the molecule is Cc1c(C(=O)N2CCN(c3ccccc3)CC2)ccn1-c1ccc2ccccc2n1. The fraction of sp³-hybridized carbons (Fsp3) is 0.200. The molecule has 2 aromatic heterocycles. The van der Waals surface area contributed by atoms with Crippen molar-refractivity contribution in [3.63, 3.8) is 0 Å². The third-order valence-corrected chi connectivity index (χ3v) is 5.89. The monoisotopic (exact) mass is 396 g/mol. The van der Waals surface area contributed by atoms with Crippen LogP contribution in [0, 0.1) is 6.92 Å². The predicted molar refractivity (Wildman–Crippen MR) is 120 cm³/mol. The minimum Gasteiger partial charge on any atom is -0.368 e. The lowest BCUT2D eigenvalue weighted by molar-refractivity contribution is 0.0746. The molecule has 4 aromatic rings. The van der Waals surface area contributed by atoms with Gasteiger partial charge in [0.1, 0.15) is 5.82 Å². The molecule has 0 unspecified atom stereocenters. The molecule has 0 aliphatic carbocycles. The number of hydrogen-bond donors (Lipinski definition) is 0. The van der Waals surface area contributed by atoms with Crippen molar-refractivity contribution in [3.05, 3.63) is 90.3 Å². The zero-order valence-electron chi connectivity index (χ0n) is 17.0. The van der Waals surface area contributed by atoms with E-state index in [1.165, 1.54) is 5.69 Å². The summed E-state index contributed by atoms with van der Waals surface area (Å²) in [4.78, 5) is 22.3. The van der Waals surface area contributed by atoms with Crippen molar-refractivity contribution in [2.75, 3.05) is 31.1 Å². The lowest BCUT2D eigenvalue weighted by Crippen LogP contribution is -2.48. The number of piperazine rings is 1. The van der Waals surface area contributed by atoms with Crippen molar-refractivity contribution < 1.29 is 4.79 Å². The van der Waals surface area contributed by atoms with Crippen LogP contribution in [0.1, 0.15) is 16.1 Å². The van der Waals surface area contributed by atoms with Gasteiger partial charge in [-0.15, -0.1) is 0 Å². The molecule has 1 saturated heterocycles. The highest BCUT2D eigenvalue weighted by Gasteiger charge is 2.24. The zero-order valence-corrected chi connectivity index (χ0v) is 17.0. The van der Waals surface area contributed by atoms with Gasteiger partial charge in [-0.3, -0.25) is 4.79 Å². The fourth-order valence-electron chi connectivity index (χ4n) is 4.15. The van der Waals surface area contributed by atoms with Crippen molar-refractivity contribution in [2.24, 2.45) is 0 Å². The van der Waals surface area contributed by atoms with Crippen LogP contribution >= 0.6 is 0 Å². The van der Waals surface area contributed by atoms with Gasteiger partial charge in [0.05, 0.1) is 11.1 Å². The largest absolute Gasteiger partial charge is 0.368 e. The van der Waals surface area contributed by atoms with Crippen LogP contribution in [0.15, 0.2) is 79.0 Å². The third kappa shape index (κ3) is 3.32. The van der Waals surface area contributed by atoms with Gasteiger partial charge < -0.3 is 14.4 Å². The van der Waals surface area contributed by atoms with Gasteiger partial charge in [-0.2, -0.15) is 0 Å². The molecule has 0 atom stereocenters. The number of carbonyl (C=O) groups excluding carboxylic acids is 1. The molecule has 30 heavy (non-hydrogen) atoms. The van der Waals surface area contributed by atoms with Gasteiger partial charge in [-0.1, -0.05) is 36.4 Å². The molecule has 0 saturated carbocycles. The highest BCUT2D eigenvalue weighted by Crippen LogP contribution is 2.21. The van der Waals surface area contributed by atoms with E-state index in [0.29, 0.717) is 0 Å². The van der Waals surface area contributed by atoms with E-state index in [2.05, 4.69) is 41.3 Å². The number of amides is 1. The molecule has 1 fully saturated rings. The second-order valence-electron chi connectivity index (χ2n) is 7.66. The summed E-state index contributed by atoms with van der Waals surface area (Å²) in [6.07, 6.45) is 1.94. The molecule has 1 aliphatic rings. The first-order valence-corrected chi connectivity index (χ1v) is 10.3. The summed E-state index contributed by atoms with van der Waals surface area (Å²) >= 11 is 0. The molecule has 0 N–H and O–H groups in total. The molecule has 2 aromatic carbocycles. The van der Waals surface area contributed by atoms with E-state index >= 15 is 0 Å². The van der Waals surface area contributed by atoms with Gasteiger partial charge in [0.15, 0.2) is 0 Å². The highest BCUT2D eigenvalue weighted by molar-refractivity contribution is 5.95. The van der Waals surface area contributed by atoms with Gasteiger partial charge in [-0.25, -0.2) is 4.98 Å². The van der Waals surface area contributed by atoms with Crippen LogP contribution in [0.3, 0.4) is 0 Å². The second kappa shape index (κ2) is 7.67. The molecule has 5 rings (SSSR count). The van der Waals surface area contributed by atoms with Crippen molar-refractivity contribution in [3.8, 4) is 5.82 Å². The van der Waals surface area contributed by atoms with E-state index in [9.17, 15) is 4.79 Å². The molecule has 0 radical (unpaired) electrons. The predicted octanol–water partition coefficient (Wildman–Crippen LogP) is 4.30. The van der Waals surface area contributed by atoms with E-state index in [-0.39, 0.29) is 5.91 Å². The molecule has 150 valence electrons. The Morgan fingerprint density at radius 2 is 1.57 bits per heavy atom. The molecular formula is C25H24N4O. The number of carbonyl (C=O) groups is 1. The van der Waals surface area contributed by atoms with Crippen LogP contribution in [0.5, 0.6) is 0 Å². The Kier molecular flexibility index (Phi) is 4.71. The van der Waals surface area contributed by atoms with E-state index in [4.69, 9.17) is 4.98 Å². The highest BCUT2D eigenvalue weighted by atomic mass is 16.2. The summed E-state index contributed by atoms with van der Waals surface area (Å²) in [5.74, 6) is 0.930. The van der Waals surface area contributed by atoms with Crippen LogP contribution in [0.2, 0.25) is 0 Å². The first kappa shape index (κ1) is 18.4. The van der Waals surface area contributed by atoms with Crippen molar-refractivity contribution in [1.82, 2.24) is 14.5 Å². The third-order valence-electron chi connectivity index (χ3n) is 5.89. The average molecular weight is 396 g/mol. The summed E-state index contributed by atoms with van der Waals surface area (Å²) in [7, 11) is 0. The van der Waals surface area contributed by atoms with Gasteiger partial charge in [-0.05, 0) is 43.3 Å². The first-order valence-electron chi connectivity index (χ1n) is 10.3. The maximum Gasteiger partial charge on any atom is 0.255 e. The van der Waals surface area contributed by atoms with Crippen LogP contribution < -0.4 is 4.90 Å². The Labute approximate surface area is 176 Å². The van der Waals surface area contributed by atoms with E-state index in [1.54, 1.807) is 0 Å². The standard InChI is InChI=1S/C25H24N4O/c1-19-22(13-14-29(19)24-12-11-20-7-5-6-10-23(20)26-24)25(30)28-17-15-27(16-18-28)21-8-3-2-4-9-21/h2-14H,15-18H2,1H3. The minimum absolute atomic E-state index is 0.0970. The van der Waals surface area contributed by atoms with Crippen LogP contribution in [-0.4, -0.2) is 46.5 Å². The maximum atomic E-state index is 13.2. The first-order chi connectivity index (χ1) is 14.7. The van der Waals surface area contributed by atoms with Crippen LogP contribution in [0.25, 0.3) is 16.7 Å². The van der Waals surface area contributed by atoms with Crippen LogP contribution in [-0.2, 0) is 0 Å². The minimum atomic E-state index is 0.0970. The number of aromatic nitrogens is 2. The summed E-state index contributed by atoms with van der Waals surface area (Å²) < 4.78 is 2.00. The maximum absolute atomic E-state index is 13.2. The summed E-state index contributed by atoms with van der Waals surface area (Å²) in [6, 6.07) is 24.4. The Morgan fingerprint density at radius 1 is 0.833 bits per heavy atom. The molecule has 1 aliphatic heterocycles. The Balaban J connectivity index is 1.34. The Morgan fingerprint density at radius 3 is 2.37 bits per heavy atom. The molecule has 0 spiro atoms. The number of pyridine rings is 1. The fourth-order valence-corrected chi connectivity index (χ4v) is 4.15. The zero-order chi connectivity index (χ0) is 20.5. The summed E-state index contributed by atoms with van der Waals surface area (Å²) in [5, 5.41) is 1.11. The van der Waals surface area contributed by atoms with Gasteiger partial charge in [0.25, 0.3) is 5.91 Å². The number of para-hydroxylation sites is 2. The van der Waals surface area contributed by atoms with Gasteiger partial charge >= 0.3 is 0 Å². The molecule has 5 heteroatoms. The summed E-state index contributed by atoms with van der Waals surface area (Å²) in [5.41, 5.74) is 3.84. The Bertz CT molecular complexity index is 1190. The van der Waals surface area contributed by atoms with Gasteiger partial charge in [0.2, 0.25) is 0 Å². The molecule has 1 amide bonds. The molecular weight excluding hydrogens is 372 g/mol. The topological polar surface area (TPSA) is 41.4 Å². The molecule has 0 bridgehead atoms. The van der Waals surface area contributed by atoms with E-state index < -0.39 is 0 Å². The van der Waals surface area contributed by atoms with Gasteiger partial charge in [0, 0.05) is 49.1 Å². The Hall–Kier alpha value is -3.60. The smallest absolute Gasteiger partial charge is 0.255 e. The molecule has 5 nitrogen and oxygen atoms in total. The lowest BCUT2D eigenvalue weighted by Gasteiger charge is -2.36. The molecule has 3 heterocycles. The normalized spacial score (nSPS) is 14.3. The van der Waals surface area contributed by atoms with Crippen molar-refractivity contribution >= 4 is 22.5 Å². The summed E-state index contributed by atoms with van der Waals surface area (Å²) in [6.45, 7) is 5.15. The number of nitrogens with zero attached hydrogens (tertiary/aromatic N) is 4. The average Bonchev–Trinajstić information content (AvgIpc) is 3.20. The number of benzene rings is 2. The number of anilines is 1. The van der Waals surface area contributed by atoms with Crippen LogP contribution in [0.4, 0.5) is 5.69 Å². The number of rotatable bonds is 3. The van der Waals surface area contributed by atoms with Crippen molar-refractivity contribution in [1.29, 1.82) is 0 Å². The second-order valence-corrected chi connectivity index (χ2v) is 7.66. The van der Waals surface area contributed by atoms with E-state index in [1.807, 2.05) is 59.0 Å². The lowest BCUT2D eigenvalue weighted by atomic mass is 10.2. The number of fused-ring (bicyclic) bond motifs is 1. The number of hydrogen-bond acceptors (Lipinski definition) is 3. The van der Waals surface area contributed by atoms with E-state index in [0.717, 1.165) is 54.2 Å².